The number of benzene rings is 1. The summed E-state index contributed by atoms with van der Waals surface area (Å²) in [6.45, 7) is 6.07. The first kappa shape index (κ1) is 18.3. The first-order chi connectivity index (χ1) is 11.6. The molecule has 0 aliphatic carbocycles. The quantitative estimate of drug-likeness (QED) is 0.795. The lowest BCUT2D eigenvalue weighted by atomic mass is 10.1. The van der Waals surface area contributed by atoms with Crippen LogP contribution in [0.4, 0.5) is 5.69 Å². The average molecular weight is 331 g/mol. The number of likely N-dealkylation sites (tertiary alicyclic amines) is 1. The average Bonchev–Trinajstić information content (AvgIpc) is 2.98. The molecule has 0 spiro atoms. The van der Waals surface area contributed by atoms with E-state index in [1.54, 1.807) is 0 Å². The molecule has 0 aromatic heterocycles. The molecular formula is C19H29N3O2. The monoisotopic (exact) mass is 331 g/mol. The number of carbonyl (C=O) groups is 2. The lowest BCUT2D eigenvalue weighted by Gasteiger charge is -2.26. The van der Waals surface area contributed by atoms with Crippen molar-refractivity contribution in [3.05, 3.63) is 30.3 Å². The molecule has 1 N–H and O–H groups in total. The number of amides is 2. The summed E-state index contributed by atoms with van der Waals surface area (Å²) in [5.41, 5.74) is 1.13. The van der Waals surface area contributed by atoms with Gasteiger partial charge in [-0.3, -0.25) is 9.59 Å². The Morgan fingerprint density at radius 3 is 2.58 bits per heavy atom. The Hall–Kier alpha value is -2.04. The van der Waals surface area contributed by atoms with Crippen molar-refractivity contribution in [1.29, 1.82) is 0 Å². The van der Waals surface area contributed by atoms with Gasteiger partial charge in [0.15, 0.2) is 0 Å². The fourth-order valence-corrected chi connectivity index (χ4v) is 3.29. The molecule has 1 aromatic rings. The summed E-state index contributed by atoms with van der Waals surface area (Å²) < 4.78 is 0. The normalized spacial score (nSPS) is 17.4. The molecule has 5 heteroatoms. The van der Waals surface area contributed by atoms with E-state index in [1.165, 1.54) is 0 Å². The first-order valence-corrected chi connectivity index (χ1v) is 8.90. The zero-order chi connectivity index (χ0) is 17.5. The highest BCUT2D eigenvalue weighted by atomic mass is 16.2. The standard InChI is InChI=1S/C19H29N3O2/c1-4-16(5-2)22-14-15(13-18(22)23)19(24)20-11-12-21(3)17-9-7-6-8-10-17/h6-10,15-16H,4-5,11-14H2,1-3H3,(H,20,24). The summed E-state index contributed by atoms with van der Waals surface area (Å²) in [7, 11) is 2.01. The highest BCUT2D eigenvalue weighted by molar-refractivity contribution is 5.89. The molecule has 1 saturated heterocycles. The van der Waals surface area contributed by atoms with Gasteiger partial charge in [-0.25, -0.2) is 0 Å². The number of nitrogens with zero attached hydrogens (tertiary/aromatic N) is 2. The lowest BCUT2D eigenvalue weighted by molar-refractivity contribution is -0.130. The molecule has 1 aliphatic heterocycles. The topological polar surface area (TPSA) is 52.7 Å². The molecule has 0 radical (unpaired) electrons. The van der Waals surface area contributed by atoms with Gasteiger partial charge < -0.3 is 15.1 Å². The number of carbonyl (C=O) groups excluding carboxylic acids is 2. The van der Waals surface area contributed by atoms with Gasteiger partial charge in [-0.15, -0.1) is 0 Å². The van der Waals surface area contributed by atoms with Crippen molar-refractivity contribution < 1.29 is 9.59 Å². The van der Waals surface area contributed by atoms with Crippen molar-refractivity contribution >= 4 is 17.5 Å². The van der Waals surface area contributed by atoms with Crippen molar-refractivity contribution in [2.45, 2.75) is 39.2 Å². The van der Waals surface area contributed by atoms with Gasteiger partial charge in [-0.1, -0.05) is 32.0 Å². The number of para-hydroxylation sites is 1. The summed E-state index contributed by atoms with van der Waals surface area (Å²) in [4.78, 5) is 28.5. The van der Waals surface area contributed by atoms with Crippen molar-refractivity contribution in [3.8, 4) is 0 Å². The number of nitrogens with one attached hydrogen (secondary N) is 1. The van der Waals surface area contributed by atoms with Crippen molar-refractivity contribution in [2.24, 2.45) is 5.92 Å². The molecule has 1 atom stereocenters. The molecule has 24 heavy (non-hydrogen) atoms. The molecular weight excluding hydrogens is 302 g/mol. The third-order valence-electron chi connectivity index (χ3n) is 4.86. The predicted molar refractivity (Wildman–Crippen MR) is 96.9 cm³/mol. The molecule has 1 aliphatic rings. The molecule has 5 nitrogen and oxygen atoms in total. The fourth-order valence-electron chi connectivity index (χ4n) is 3.29. The van der Waals surface area contributed by atoms with Crippen molar-refractivity contribution in [3.63, 3.8) is 0 Å². The Kier molecular flexibility index (Phi) is 6.64. The van der Waals surface area contributed by atoms with Crippen LogP contribution in [0, 0.1) is 5.92 Å². The lowest BCUT2D eigenvalue weighted by Crippen LogP contribution is -2.39. The van der Waals surface area contributed by atoms with E-state index in [2.05, 4.69) is 24.1 Å². The Balaban J connectivity index is 1.78. The Bertz CT molecular complexity index is 543. The molecule has 132 valence electrons. The molecule has 1 fully saturated rings. The van der Waals surface area contributed by atoms with Gasteiger partial charge in [-0.2, -0.15) is 0 Å². The molecule has 1 heterocycles. The van der Waals surface area contributed by atoms with E-state index in [0.29, 0.717) is 19.5 Å². The zero-order valence-corrected chi connectivity index (χ0v) is 15.0. The summed E-state index contributed by atoms with van der Waals surface area (Å²) in [6.07, 6.45) is 2.23. The maximum atomic E-state index is 12.3. The second kappa shape index (κ2) is 8.71. The van der Waals surface area contributed by atoms with Crippen LogP contribution in [0.1, 0.15) is 33.1 Å². The number of anilines is 1. The summed E-state index contributed by atoms with van der Waals surface area (Å²) in [5, 5.41) is 2.98. The Labute approximate surface area is 145 Å². The van der Waals surface area contributed by atoms with Gasteiger partial charge >= 0.3 is 0 Å². The van der Waals surface area contributed by atoms with E-state index in [0.717, 1.165) is 25.1 Å². The second-order valence-corrected chi connectivity index (χ2v) is 6.47. The van der Waals surface area contributed by atoms with Crippen LogP contribution in [0.25, 0.3) is 0 Å². The number of rotatable bonds is 8. The second-order valence-electron chi connectivity index (χ2n) is 6.47. The molecule has 1 unspecified atom stereocenters. The summed E-state index contributed by atoms with van der Waals surface area (Å²) in [6, 6.07) is 10.3. The maximum absolute atomic E-state index is 12.3. The minimum Gasteiger partial charge on any atom is -0.373 e. The van der Waals surface area contributed by atoms with Crippen LogP contribution in [-0.2, 0) is 9.59 Å². The molecule has 0 bridgehead atoms. The largest absolute Gasteiger partial charge is 0.373 e. The van der Waals surface area contributed by atoms with Gasteiger partial charge in [0, 0.05) is 44.8 Å². The van der Waals surface area contributed by atoms with E-state index >= 15 is 0 Å². The van der Waals surface area contributed by atoms with Crippen molar-refractivity contribution in [2.75, 3.05) is 31.6 Å². The fraction of sp³-hybridized carbons (Fsp3) is 0.579. The smallest absolute Gasteiger partial charge is 0.225 e. The van der Waals surface area contributed by atoms with Crippen LogP contribution in [0.15, 0.2) is 30.3 Å². The van der Waals surface area contributed by atoms with E-state index in [-0.39, 0.29) is 23.8 Å². The maximum Gasteiger partial charge on any atom is 0.225 e. The van der Waals surface area contributed by atoms with Crippen LogP contribution in [0.5, 0.6) is 0 Å². The van der Waals surface area contributed by atoms with E-state index in [4.69, 9.17) is 0 Å². The predicted octanol–water partition coefficient (Wildman–Crippen LogP) is 2.28. The zero-order valence-electron chi connectivity index (χ0n) is 15.0. The van der Waals surface area contributed by atoms with Gasteiger partial charge in [-0.05, 0) is 25.0 Å². The molecule has 0 saturated carbocycles. The van der Waals surface area contributed by atoms with Gasteiger partial charge in [0.05, 0.1) is 5.92 Å². The Morgan fingerprint density at radius 2 is 1.96 bits per heavy atom. The van der Waals surface area contributed by atoms with E-state index < -0.39 is 0 Å². The molecule has 2 amide bonds. The van der Waals surface area contributed by atoms with Crippen LogP contribution in [0.3, 0.4) is 0 Å². The van der Waals surface area contributed by atoms with Gasteiger partial charge in [0.1, 0.15) is 0 Å². The SMILES string of the molecule is CCC(CC)N1CC(C(=O)NCCN(C)c2ccccc2)CC1=O. The number of hydrogen-bond donors (Lipinski definition) is 1. The number of likely N-dealkylation sites (N-methyl/N-ethyl adjacent to an activating group) is 1. The molecule has 1 aromatic carbocycles. The summed E-state index contributed by atoms with van der Waals surface area (Å²) >= 11 is 0. The van der Waals surface area contributed by atoms with Crippen molar-refractivity contribution in [1.82, 2.24) is 10.2 Å². The highest BCUT2D eigenvalue weighted by Crippen LogP contribution is 2.23. The minimum atomic E-state index is -0.208. The molecule has 2 rings (SSSR count). The minimum absolute atomic E-state index is 0.00160. The third kappa shape index (κ3) is 4.49. The van der Waals surface area contributed by atoms with E-state index in [1.807, 2.05) is 42.3 Å². The Morgan fingerprint density at radius 1 is 1.29 bits per heavy atom. The van der Waals surface area contributed by atoms with E-state index in [9.17, 15) is 9.59 Å². The third-order valence-corrected chi connectivity index (χ3v) is 4.86. The highest BCUT2D eigenvalue weighted by Gasteiger charge is 2.36. The van der Waals surface area contributed by atoms with Crippen LogP contribution >= 0.6 is 0 Å². The van der Waals surface area contributed by atoms with Gasteiger partial charge in [0.2, 0.25) is 11.8 Å². The first-order valence-electron chi connectivity index (χ1n) is 8.90. The van der Waals surface area contributed by atoms with Crippen LogP contribution in [0.2, 0.25) is 0 Å². The van der Waals surface area contributed by atoms with Crippen LogP contribution in [-0.4, -0.2) is 49.4 Å². The van der Waals surface area contributed by atoms with Crippen LogP contribution < -0.4 is 10.2 Å². The van der Waals surface area contributed by atoms with Gasteiger partial charge in [0.25, 0.3) is 0 Å². The summed E-state index contributed by atoms with van der Waals surface area (Å²) in [5.74, 6) is -0.0938. The number of hydrogen-bond acceptors (Lipinski definition) is 3.